The number of aromatic nitrogens is 1. The average Bonchev–Trinajstić information content (AvgIpc) is 2.84. The van der Waals surface area contributed by atoms with Crippen LogP contribution in [0.2, 0.25) is 0 Å². The molecule has 0 N–H and O–H groups in total. The second-order valence-electron chi connectivity index (χ2n) is 4.68. The Kier molecular flexibility index (Phi) is 4.82. The fraction of sp³-hybridized carbons (Fsp3) is 0.333. The maximum Gasteiger partial charge on any atom is 0.186 e. The maximum atomic E-state index is 12.0. The molecule has 0 aliphatic rings. The number of carbonyl (C=O) groups is 1. The van der Waals surface area contributed by atoms with E-state index >= 15 is 0 Å². The standard InChI is InChI=1S/C15H18N2OS/c1-12-3-4-15(19-12)14(18)11-17(2)10-7-13-5-8-16-9-6-13/h3-6,8-9H,7,10-11H2,1-2H3. The third-order valence-corrected chi connectivity index (χ3v) is 4.00. The highest BCUT2D eigenvalue weighted by atomic mass is 32.1. The SMILES string of the molecule is Cc1ccc(C(=O)CN(C)CCc2ccncc2)s1. The highest BCUT2D eigenvalue weighted by Gasteiger charge is 2.11. The van der Waals surface area contributed by atoms with Gasteiger partial charge in [0, 0.05) is 23.8 Å². The van der Waals surface area contributed by atoms with Crippen LogP contribution >= 0.6 is 11.3 Å². The zero-order chi connectivity index (χ0) is 13.7. The van der Waals surface area contributed by atoms with Gasteiger partial charge in [0.1, 0.15) is 0 Å². The van der Waals surface area contributed by atoms with Crippen molar-refractivity contribution in [2.75, 3.05) is 20.1 Å². The summed E-state index contributed by atoms with van der Waals surface area (Å²) in [6.07, 6.45) is 4.54. The zero-order valence-corrected chi connectivity index (χ0v) is 12.1. The Morgan fingerprint density at radius 2 is 2.00 bits per heavy atom. The predicted octanol–water partition coefficient (Wildman–Crippen LogP) is 2.81. The molecule has 2 rings (SSSR count). The van der Waals surface area contributed by atoms with Gasteiger partial charge in [-0.25, -0.2) is 0 Å². The molecule has 0 atom stereocenters. The van der Waals surface area contributed by atoms with Gasteiger partial charge in [0.2, 0.25) is 0 Å². The van der Waals surface area contributed by atoms with E-state index < -0.39 is 0 Å². The van der Waals surface area contributed by atoms with Gasteiger partial charge in [0.25, 0.3) is 0 Å². The van der Waals surface area contributed by atoms with Gasteiger partial charge < -0.3 is 0 Å². The van der Waals surface area contributed by atoms with E-state index in [1.165, 1.54) is 10.4 Å². The summed E-state index contributed by atoms with van der Waals surface area (Å²) < 4.78 is 0. The van der Waals surface area contributed by atoms with Gasteiger partial charge in [-0.2, -0.15) is 0 Å². The van der Waals surface area contributed by atoms with Crippen LogP contribution in [-0.4, -0.2) is 35.8 Å². The third kappa shape index (κ3) is 4.26. The molecule has 100 valence electrons. The molecule has 0 fully saturated rings. The first-order valence-corrected chi connectivity index (χ1v) is 7.14. The summed E-state index contributed by atoms with van der Waals surface area (Å²) >= 11 is 1.57. The van der Waals surface area contributed by atoms with Crippen molar-refractivity contribution in [3.63, 3.8) is 0 Å². The number of rotatable bonds is 6. The van der Waals surface area contributed by atoms with Crippen molar-refractivity contribution >= 4 is 17.1 Å². The number of aryl methyl sites for hydroxylation is 1. The van der Waals surface area contributed by atoms with Crippen LogP contribution in [0.5, 0.6) is 0 Å². The second kappa shape index (κ2) is 6.59. The lowest BCUT2D eigenvalue weighted by Gasteiger charge is -2.15. The van der Waals surface area contributed by atoms with E-state index in [2.05, 4.69) is 9.88 Å². The number of ketones is 1. The monoisotopic (exact) mass is 274 g/mol. The number of nitrogens with zero attached hydrogens (tertiary/aromatic N) is 2. The smallest absolute Gasteiger partial charge is 0.186 e. The summed E-state index contributed by atoms with van der Waals surface area (Å²) in [4.78, 5) is 20.1. The molecule has 19 heavy (non-hydrogen) atoms. The highest BCUT2D eigenvalue weighted by molar-refractivity contribution is 7.14. The molecule has 0 saturated carbocycles. The van der Waals surface area contributed by atoms with Crippen molar-refractivity contribution in [3.8, 4) is 0 Å². The number of Topliss-reactive ketones (excluding diaryl/α,β-unsaturated/α-hetero) is 1. The van der Waals surface area contributed by atoms with Crippen LogP contribution in [0, 0.1) is 6.92 Å². The Hall–Kier alpha value is -1.52. The lowest BCUT2D eigenvalue weighted by molar-refractivity contribution is 0.0951. The first-order chi connectivity index (χ1) is 9.15. The summed E-state index contributed by atoms with van der Waals surface area (Å²) in [5.41, 5.74) is 1.25. The fourth-order valence-corrected chi connectivity index (χ4v) is 2.65. The Morgan fingerprint density at radius 1 is 1.26 bits per heavy atom. The summed E-state index contributed by atoms with van der Waals surface area (Å²) in [5, 5.41) is 0. The topological polar surface area (TPSA) is 33.2 Å². The van der Waals surface area contributed by atoms with E-state index in [4.69, 9.17) is 0 Å². The van der Waals surface area contributed by atoms with Crippen molar-refractivity contribution in [2.45, 2.75) is 13.3 Å². The molecule has 2 heterocycles. The van der Waals surface area contributed by atoms with Gasteiger partial charge in [-0.3, -0.25) is 14.7 Å². The largest absolute Gasteiger partial charge is 0.299 e. The summed E-state index contributed by atoms with van der Waals surface area (Å²) in [6.45, 7) is 3.37. The molecule has 0 aliphatic heterocycles. The molecule has 0 saturated heterocycles. The first kappa shape index (κ1) is 13.9. The molecule has 3 nitrogen and oxygen atoms in total. The third-order valence-electron chi connectivity index (χ3n) is 2.96. The van der Waals surface area contributed by atoms with Gasteiger partial charge in [0.15, 0.2) is 5.78 Å². The first-order valence-electron chi connectivity index (χ1n) is 6.32. The van der Waals surface area contributed by atoms with E-state index in [0.29, 0.717) is 6.54 Å². The molecule has 2 aromatic heterocycles. The molecule has 0 aliphatic carbocycles. The van der Waals surface area contributed by atoms with Crippen LogP contribution in [-0.2, 0) is 6.42 Å². The molecule has 0 spiro atoms. The normalized spacial score (nSPS) is 10.9. The number of thiophene rings is 1. The maximum absolute atomic E-state index is 12.0. The van der Waals surface area contributed by atoms with E-state index in [0.717, 1.165) is 17.8 Å². The molecule has 0 radical (unpaired) electrons. The Labute approximate surface area is 117 Å². The van der Waals surface area contributed by atoms with Gasteiger partial charge in [-0.05, 0) is 50.2 Å². The molecule has 0 unspecified atom stereocenters. The molecule has 0 bridgehead atoms. The van der Waals surface area contributed by atoms with Crippen LogP contribution in [0.15, 0.2) is 36.7 Å². The van der Waals surface area contributed by atoms with Gasteiger partial charge >= 0.3 is 0 Å². The zero-order valence-electron chi connectivity index (χ0n) is 11.3. The average molecular weight is 274 g/mol. The van der Waals surface area contributed by atoms with Gasteiger partial charge in [0.05, 0.1) is 11.4 Å². The minimum atomic E-state index is 0.204. The number of hydrogen-bond donors (Lipinski definition) is 0. The quantitative estimate of drug-likeness (QED) is 0.759. The Morgan fingerprint density at radius 3 is 2.63 bits per heavy atom. The van der Waals surface area contributed by atoms with E-state index in [-0.39, 0.29) is 5.78 Å². The van der Waals surface area contributed by atoms with E-state index in [1.807, 2.05) is 38.2 Å². The number of hydrogen-bond acceptors (Lipinski definition) is 4. The predicted molar refractivity (Wildman–Crippen MR) is 78.8 cm³/mol. The van der Waals surface area contributed by atoms with Gasteiger partial charge in [-0.1, -0.05) is 0 Å². The number of pyridine rings is 1. The molecule has 0 amide bonds. The second-order valence-corrected chi connectivity index (χ2v) is 5.96. The van der Waals surface area contributed by atoms with Crippen molar-refractivity contribution in [2.24, 2.45) is 0 Å². The van der Waals surface area contributed by atoms with Crippen molar-refractivity contribution in [1.29, 1.82) is 0 Å². The van der Waals surface area contributed by atoms with E-state index in [1.54, 1.807) is 23.7 Å². The fourth-order valence-electron chi connectivity index (χ4n) is 1.86. The summed E-state index contributed by atoms with van der Waals surface area (Å²) in [6, 6.07) is 7.94. The van der Waals surface area contributed by atoms with E-state index in [9.17, 15) is 4.79 Å². The summed E-state index contributed by atoms with van der Waals surface area (Å²) in [7, 11) is 1.99. The minimum Gasteiger partial charge on any atom is -0.299 e. The molecule has 4 heteroatoms. The van der Waals surface area contributed by atoms with Gasteiger partial charge in [-0.15, -0.1) is 11.3 Å². The molecular weight excluding hydrogens is 256 g/mol. The number of likely N-dealkylation sites (N-methyl/N-ethyl adjacent to an activating group) is 1. The van der Waals surface area contributed by atoms with Crippen molar-refractivity contribution in [1.82, 2.24) is 9.88 Å². The molecular formula is C15H18N2OS. The van der Waals surface area contributed by atoms with Crippen LogP contribution < -0.4 is 0 Å². The van der Waals surface area contributed by atoms with Crippen molar-refractivity contribution in [3.05, 3.63) is 52.0 Å². The Bertz CT molecular complexity index is 536. The van der Waals surface area contributed by atoms with Crippen molar-refractivity contribution < 1.29 is 4.79 Å². The Balaban J connectivity index is 1.81. The van der Waals surface area contributed by atoms with Crippen LogP contribution in [0.4, 0.5) is 0 Å². The van der Waals surface area contributed by atoms with Crippen LogP contribution in [0.1, 0.15) is 20.1 Å². The molecule has 2 aromatic rings. The molecule has 0 aromatic carbocycles. The van der Waals surface area contributed by atoms with Crippen LogP contribution in [0.25, 0.3) is 0 Å². The highest BCUT2D eigenvalue weighted by Crippen LogP contribution is 2.15. The lowest BCUT2D eigenvalue weighted by atomic mass is 10.2. The minimum absolute atomic E-state index is 0.204. The van der Waals surface area contributed by atoms with Crippen LogP contribution in [0.3, 0.4) is 0 Å². The lowest BCUT2D eigenvalue weighted by Crippen LogP contribution is -2.27. The number of carbonyl (C=O) groups excluding carboxylic acids is 1. The summed E-state index contributed by atoms with van der Waals surface area (Å²) in [5.74, 6) is 0.204.